The first-order valence-corrected chi connectivity index (χ1v) is 8.19. The zero-order valence-corrected chi connectivity index (χ0v) is 14.4. The summed E-state index contributed by atoms with van der Waals surface area (Å²) in [6.45, 7) is 0. The number of rotatable bonds is 2. The molecular weight excluding hydrogens is 388 g/mol. The molecule has 0 fully saturated rings. The second-order valence-corrected chi connectivity index (χ2v) is 6.39. The van der Waals surface area contributed by atoms with Crippen LogP contribution < -0.4 is 4.74 Å². The van der Waals surface area contributed by atoms with E-state index in [0.717, 1.165) is 5.39 Å². The average molecular weight is 397 g/mol. The molecule has 0 saturated carbocycles. The Hall–Kier alpha value is -2.44. The van der Waals surface area contributed by atoms with Crippen LogP contribution in [0.2, 0.25) is 10.0 Å². The van der Waals surface area contributed by atoms with E-state index < -0.39 is 6.36 Å². The monoisotopic (exact) mass is 396 g/mol. The molecular formula is C18H9Cl2F3N2O. The number of aromatic amines is 1. The highest BCUT2D eigenvalue weighted by Crippen LogP contribution is 2.33. The molecule has 0 bridgehead atoms. The summed E-state index contributed by atoms with van der Waals surface area (Å²) in [6.07, 6.45) is -4.73. The zero-order chi connectivity index (χ0) is 18.5. The van der Waals surface area contributed by atoms with Gasteiger partial charge in [0.1, 0.15) is 5.75 Å². The molecule has 0 saturated heterocycles. The lowest BCUT2D eigenvalue weighted by Gasteiger charge is -2.08. The second-order valence-electron chi connectivity index (χ2n) is 5.61. The van der Waals surface area contributed by atoms with Crippen molar-refractivity contribution in [1.29, 1.82) is 0 Å². The van der Waals surface area contributed by atoms with Gasteiger partial charge in [0.05, 0.1) is 26.9 Å². The average Bonchev–Trinajstić information content (AvgIpc) is 3.00. The molecule has 3 nitrogen and oxygen atoms in total. The molecule has 0 unspecified atom stereocenters. The molecule has 2 heterocycles. The molecule has 0 aliphatic rings. The van der Waals surface area contributed by atoms with Crippen molar-refractivity contribution < 1.29 is 17.9 Å². The summed E-state index contributed by atoms with van der Waals surface area (Å²) in [5.74, 6) is -0.281. The minimum Gasteiger partial charge on any atom is -0.406 e. The van der Waals surface area contributed by atoms with Crippen molar-refractivity contribution >= 4 is 45.0 Å². The number of fused-ring (bicyclic) bond motifs is 2. The number of hydrogen-bond acceptors (Lipinski definition) is 2. The van der Waals surface area contributed by atoms with Crippen molar-refractivity contribution in [3.63, 3.8) is 0 Å². The first-order valence-electron chi connectivity index (χ1n) is 7.44. The number of pyridine rings is 1. The van der Waals surface area contributed by atoms with E-state index >= 15 is 0 Å². The van der Waals surface area contributed by atoms with E-state index in [2.05, 4.69) is 14.7 Å². The van der Waals surface area contributed by atoms with E-state index in [4.69, 9.17) is 23.2 Å². The number of H-pyrrole nitrogens is 1. The van der Waals surface area contributed by atoms with Gasteiger partial charge < -0.3 is 9.72 Å². The van der Waals surface area contributed by atoms with Gasteiger partial charge >= 0.3 is 6.36 Å². The Labute approximate surface area is 155 Å². The molecule has 0 aliphatic carbocycles. The highest BCUT2D eigenvalue weighted by atomic mass is 35.5. The molecule has 1 N–H and O–H groups in total. The van der Waals surface area contributed by atoms with Crippen LogP contribution in [0.25, 0.3) is 33.2 Å². The number of nitrogens with one attached hydrogen (secondary N) is 1. The molecule has 0 amide bonds. The fourth-order valence-corrected chi connectivity index (χ4v) is 3.09. The SMILES string of the molecule is FC(F)(F)Oc1ccc2[nH]c(-c3ccc4ccc(Cl)c(Cl)c4n3)cc2c1. The summed E-state index contributed by atoms with van der Waals surface area (Å²) in [7, 11) is 0. The first-order chi connectivity index (χ1) is 12.3. The van der Waals surface area contributed by atoms with Gasteiger partial charge in [-0.05, 0) is 36.4 Å². The number of nitrogens with zero attached hydrogens (tertiary/aromatic N) is 1. The Balaban J connectivity index is 1.79. The lowest BCUT2D eigenvalue weighted by atomic mass is 10.1. The lowest BCUT2D eigenvalue weighted by molar-refractivity contribution is -0.274. The number of alkyl halides is 3. The Kier molecular flexibility index (Phi) is 3.97. The molecule has 26 heavy (non-hydrogen) atoms. The van der Waals surface area contributed by atoms with Gasteiger partial charge in [-0.2, -0.15) is 0 Å². The summed E-state index contributed by atoms with van der Waals surface area (Å²) < 4.78 is 41.1. The minimum absolute atomic E-state index is 0.281. The predicted molar refractivity (Wildman–Crippen MR) is 95.7 cm³/mol. The van der Waals surface area contributed by atoms with Crippen LogP contribution in [-0.2, 0) is 0 Å². The molecule has 0 radical (unpaired) electrons. The van der Waals surface area contributed by atoms with Crippen molar-refractivity contribution in [1.82, 2.24) is 9.97 Å². The number of ether oxygens (including phenoxy) is 1. The number of hydrogen-bond donors (Lipinski definition) is 1. The van der Waals surface area contributed by atoms with Gasteiger partial charge in [-0.3, -0.25) is 0 Å². The summed E-state index contributed by atoms with van der Waals surface area (Å²) in [4.78, 5) is 7.65. The van der Waals surface area contributed by atoms with E-state index in [1.807, 2.05) is 12.1 Å². The van der Waals surface area contributed by atoms with Crippen molar-refractivity contribution in [2.24, 2.45) is 0 Å². The smallest absolute Gasteiger partial charge is 0.406 e. The minimum atomic E-state index is -4.73. The lowest BCUT2D eigenvalue weighted by Crippen LogP contribution is -2.16. The summed E-state index contributed by atoms with van der Waals surface area (Å²) in [6, 6.07) is 12.9. The molecule has 4 rings (SSSR count). The topological polar surface area (TPSA) is 37.9 Å². The number of aromatic nitrogens is 2. The van der Waals surface area contributed by atoms with Crippen LogP contribution in [0.1, 0.15) is 0 Å². The largest absolute Gasteiger partial charge is 0.573 e. The normalized spacial score (nSPS) is 12.0. The molecule has 2 aromatic heterocycles. The van der Waals surface area contributed by atoms with E-state index in [0.29, 0.717) is 37.9 Å². The van der Waals surface area contributed by atoms with Crippen LogP contribution in [0.5, 0.6) is 5.75 Å². The van der Waals surface area contributed by atoms with Gasteiger partial charge in [0, 0.05) is 16.3 Å². The van der Waals surface area contributed by atoms with Crippen molar-refractivity contribution in [3.05, 3.63) is 58.6 Å². The molecule has 0 spiro atoms. The fraction of sp³-hybridized carbons (Fsp3) is 0.0556. The molecule has 4 aromatic rings. The highest BCUT2D eigenvalue weighted by molar-refractivity contribution is 6.45. The van der Waals surface area contributed by atoms with Gasteiger partial charge in [-0.15, -0.1) is 13.2 Å². The first kappa shape index (κ1) is 17.0. The number of halogens is 5. The molecule has 0 atom stereocenters. The molecule has 132 valence electrons. The van der Waals surface area contributed by atoms with Crippen LogP contribution in [0.4, 0.5) is 13.2 Å². The fourth-order valence-electron chi connectivity index (χ4n) is 2.73. The standard InChI is InChI=1S/C18H9Cl2F3N2O/c19-12-4-1-9-2-5-14(25-17(9)16(12)20)15-8-10-7-11(26-18(21,22)23)3-6-13(10)24-15/h1-8,24H. The Bertz CT molecular complexity index is 1140. The third kappa shape index (κ3) is 3.18. The van der Waals surface area contributed by atoms with Crippen LogP contribution in [0, 0.1) is 0 Å². The Morgan fingerprint density at radius 2 is 1.69 bits per heavy atom. The second kappa shape index (κ2) is 6.07. The summed E-state index contributed by atoms with van der Waals surface area (Å²) in [5.41, 5.74) is 2.45. The Morgan fingerprint density at radius 3 is 2.46 bits per heavy atom. The maximum Gasteiger partial charge on any atom is 0.573 e. The highest BCUT2D eigenvalue weighted by Gasteiger charge is 2.31. The van der Waals surface area contributed by atoms with Crippen LogP contribution in [0.3, 0.4) is 0 Å². The Morgan fingerprint density at radius 1 is 0.923 bits per heavy atom. The predicted octanol–water partition coefficient (Wildman–Crippen LogP) is 6.59. The van der Waals surface area contributed by atoms with E-state index in [-0.39, 0.29) is 5.75 Å². The van der Waals surface area contributed by atoms with Crippen LogP contribution in [0.15, 0.2) is 48.5 Å². The summed E-state index contributed by atoms with van der Waals surface area (Å²) >= 11 is 12.3. The van der Waals surface area contributed by atoms with E-state index in [1.165, 1.54) is 18.2 Å². The zero-order valence-electron chi connectivity index (χ0n) is 12.9. The van der Waals surface area contributed by atoms with Gasteiger partial charge in [-0.25, -0.2) is 4.98 Å². The molecule has 0 aliphatic heterocycles. The third-order valence-electron chi connectivity index (χ3n) is 3.86. The third-order valence-corrected chi connectivity index (χ3v) is 4.65. The molecule has 8 heteroatoms. The van der Waals surface area contributed by atoms with Gasteiger partial charge in [-0.1, -0.05) is 35.3 Å². The van der Waals surface area contributed by atoms with E-state index in [1.54, 1.807) is 18.2 Å². The van der Waals surface area contributed by atoms with Gasteiger partial charge in [0.15, 0.2) is 0 Å². The van der Waals surface area contributed by atoms with Crippen molar-refractivity contribution in [3.8, 4) is 17.1 Å². The van der Waals surface area contributed by atoms with Crippen LogP contribution in [-0.4, -0.2) is 16.3 Å². The van der Waals surface area contributed by atoms with Crippen molar-refractivity contribution in [2.75, 3.05) is 0 Å². The van der Waals surface area contributed by atoms with E-state index in [9.17, 15) is 13.2 Å². The maximum absolute atomic E-state index is 12.4. The molecule has 2 aromatic carbocycles. The summed E-state index contributed by atoms with van der Waals surface area (Å²) in [5, 5.41) is 2.15. The quantitative estimate of drug-likeness (QED) is 0.415. The van der Waals surface area contributed by atoms with Gasteiger partial charge in [0.2, 0.25) is 0 Å². The number of benzene rings is 2. The van der Waals surface area contributed by atoms with Gasteiger partial charge in [0.25, 0.3) is 0 Å². The van der Waals surface area contributed by atoms with Crippen LogP contribution >= 0.6 is 23.2 Å². The maximum atomic E-state index is 12.4. The van der Waals surface area contributed by atoms with Crippen molar-refractivity contribution in [2.45, 2.75) is 6.36 Å².